The van der Waals surface area contributed by atoms with Gasteiger partial charge in [-0.3, -0.25) is 4.98 Å². The van der Waals surface area contributed by atoms with E-state index in [-0.39, 0.29) is 0 Å². The van der Waals surface area contributed by atoms with Crippen molar-refractivity contribution in [2.24, 2.45) is 0 Å². The maximum Gasteiger partial charge on any atom is 0.226 e. The number of nitrogens with zero attached hydrogens (tertiary/aromatic N) is 2. The van der Waals surface area contributed by atoms with Crippen LogP contribution in [0.4, 0.5) is 0 Å². The minimum Gasteiger partial charge on any atom is -0.454 e. The number of hydrogen-bond acceptors (Lipinski definition) is 4. The highest BCUT2D eigenvalue weighted by molar-refractivity contribution is 5.82. The van der Waals surface area contributed by atoms with Crippen LogP contribution in [-0.2, 0) is 0 Å². The van der Waals surface area contributed by atoms with Crippen molar-refractivity contribution < 1.29 is 8.83 Å². The molecule has 0 N–H and O–H groups in total. The van der Waals surface area contributed by atoms with Gasteiger partial charge in [0.2, 0.25) is 5.71 Å². The molecule has 0 aliphatic heterocycles. The van der Waals surface area contributed by atoms with E-state index in [2.05, 4.69) is 9.97 Å². The Morgan fingerprint density at radius 3 is 2.94 bits per heavy atom. The average molecular weight is 236 g/mol. The van der Waals surface area contributed by atoms with Crippen LogP contribution in [0.2, 0.25) is 0 Å². The number of fused-ring (bicyclic) bond motifs is 2. The third kappa shape index (κ3) is 1.32. The summed E-state index contributed by atoms with van der Waals surface area (Å²) < 4.78 is 11.0. The molecule has 4 rings (SSSR count). The molecule has 0 bridgehead atoms. The highest BCUT2D eigenvalue weighted by Gasteiger charge is 2.09. The van der Waals surface area contributed by atoms with Gasteiger partial charge in [-0.2, -0.15) is 0 Å². The second-order valence-electron chi connectivity index (χ2n) is 4.04. The molecule has 18 heavy (non-hydrogen) atoms. The van der Waals surface area contributed by atoms with Gasteiger partial charge in [-0.25, -0.2) is 4.98 Å². The predicted octanol–water partition coefficient (Wildman–Crippen LogP) is 3.64. The molecule has 0 saturated heterocycles. The number of pyridine rings is 2. The maximum absolute atomic E-state index is 5.74. The first kappa shape index (κ1) is 9.41. The minimum absolute atomic E-state index is 0.617. The van der Waals surface area contributed by atoms with Crippen molar-refractivity contribution in [3.05, 3.63) is 49.0 Å². The van der Waals surface area contributed by atoms with E-state index in [0.29, 0.717) is 5.71 Å². The van der Waals surface area contributed by atoms with E-state index in [1.54, 1.807) is 18.7 Å². The molecule has 0 atom stereocenters. The lowest BCUT2D eigenvalue weighted by molar-refractivity contribution is 0.599. The summed E-state index contributed by atoms with van der Waals surface area (Å²) in [6, 6.07) is 9.54. The molecule has 0 aromatic carbocycles. The zero-order valence-electron chi connectivity index (χ0n) is 9.33. The molecule has 4 nitrogen and oxygen atoms in total. The van der Waals surface area contributed by atoms with Gasteiger partial charge in [0.15, 0.2) is 5.76 Å². The van der Waals surface area contributed by atoms with Crippen LogP contribution in [0, 0.1) is 0 Å². The van der Waals surface area contributed by atoms with Gasteiger partial charge in [0.1, 0.15) is 11.3 Å². The van der Waals surface area contributed by atoms with E-state index in [9.17, 15) is 0 Å². The molecule has 0 amide bonds. The molecule has 0 unspecified atom stereocenters. The fraction of sp³-hybridized carbons (Fsp3) is 0. The van der Waals surface area contributed by atoms with E-state index in [4.69, 9.17) is 8.83 Å². The van der Waals surface area contributed by atoms with Crippen LogP contribution in [-0.4, -0.2) is 9.97 Å². The molecule has 0 aliphatic carbocycles. The third-order valence-electron chi connectivity index (χ3n) is 2.89. The van der Waals surface area contributed by atoms with E-state index in [1.807, 2.05) is 30.3 Å². The van der Waals surface area contributed by atoms with Crippen molar-refractivity contribution in [2.45, 2.75) is 0 Å². The fourth-order valence-electron chi connectivity index (χ4n) is 1.99. The van der Waals surface area contributed by atoms with E-state index < -0.39 is 0 Å². The molecule has 4 aromatic heterocycles. The van der Waals surface area contributed by atoms with E-state index in [1.165, 1.54) is 0 Å². The lowest BCUT2D eigenvalue weighted by Crippen LogP contribution is -1.79. The Morgan fingerprint density at radius 1 is 1.00 bits per heavy atom. The zero-order valence-corrected chi connectivity index (χ0v) is 9.33. The number of rotatable bonds is 1. The summed E-state index contributed by atoms with van der Waals surface area (Å²) in [6.45, 7) is 0. The lowest BCUT2D eigenvalue weighted by atomic mass is 10.2. The van der Waals surface area contributed by atoms with Crippen LogP contribution < -0.4 is 0 Å². The molecule has 0 saturated carbocycles. The molecular weight excluding hydrogens is 228 g/mol. The van der Waals surface area contributed by atoms with Crippen LogP contribution >= 0.6 is 0 Å². The van der Waals surface area contributed by atoms with Gasteiger partial charge < -0.3 is 8.83 Å². The fourth-order valence-corrected chi connectivity index (χ4v) is 1.99. The van der Waals surface area contributed by atoms with Crippen LogP contribution in [0.5, 0.6) is 0 Å². The zero-order chi connectivity index (χ0) is 11.9. The smallest absolute Gasteiger partial charge is 0.226 e. The highest BCUT2D eigenvalue weighted by Crippen LogP contribution is 2.27. The minimum atomic E-state index is 0.617. The van der Waals surface area contributed by atoms with E-state index in [0.717, 1.165) is 27.8 Å². The Labute approximate surface area is 102 Å². The molecule has 0 fully saturated rings. The lowest BCUT2D eigenvalue weighted by Gasteiger charge is -1.94. The molecule has 4 heterocycles. The van der Waals surface area contributed by atoms with Crippen molar-refractivity contribution in [1.82, 2.24) is 9.97 Å². The Kier molecular flexibility index (Phi) is 1.80. The van der Waals surface area contributed by atoms with Crippen molar-refractivity contribution in [3.63, 3.8) is 0 Å². The van der Waals surface area contributed by atoms with Gasteiger partial charge in [0, 0.05) is 23.2 Å². The molecule has 4 heteroatoms. The molecule has 86 valence electrons. The van der Waals surface area contributed by atoms with Gasteiger partial charge >= 0.3 is 0 Å². The number of furan rings is 2. The summed E-state index contributed by atoms with van der Waals surface area (Å²) in [5.41, 5.74) is 2.18. The van der Waals surface area contributed by atoms with Crippen molar-refractivity contribution in [3.8, 4) is 11.5 Å². The first-order valence-electron chi connectivity index (χ1n) is 5.58. The van der Waals surface area contributed by atoms with Gasteiger partial charge in [0.05, 0.1) is 6.26 Å². The van der Waals surface area contributed by atoms with Crippen LogP contribution in [0.1, 0.15) is 0 Å². The van der Waals surface area contributed by atoms with Crippen LogP contribution in [0.15, 0.2) is 57.8 Å². The standard InChI is InChI=1S/C14H8N2O2/c1-2-11(16-14-9(1)4-6-17-14)13-7-10-8-15-5-3-12(10)18-13/h1-8H. The Bertz CT molecular complexity index is 812. The van der Waals surface area contributed by atoms with Crippen molar-refractivity contribution in [2.75, 3.05) is 0 Å². The monoisotopic (exact) mass is 236 g/mol. The van der Waals surface area contributed by atoms with Gasteiger partial charge in [-0.1, -0.05) is 0 Å². The Morgan fingerprint density at radius 2 is 2.00 bits per heavy atom. The summed E-state index contributed by atoms with van der Waals surface area (Å²) in [4.78, 5) is 8.48. The van der Waals surface area contributed by atoms with Gasteiger partial charge in [-0.15, -0.1) is 0 Å². The van der Waals surface area contributed by atoms with Gasteiger partial charge in [-0.05, 0) is 30.3 Å². The summed E-state index contributed by atoms with van der Waals surface area (Å²) >= 11 is 0. The number of hydrogen-bond donors (Lipinski definition) is 0. The Hall–Kier alpha value is -2.62. The maximum atomic E-state index is 5.74. The molecule has 0 spiro atoms. The third-order valence-corrected chi connectivity index (χ3v) is 2.89. The first-order chi connectivity index (χ1) is 8.90. The molecule has 0 radical (unpaired) electrons. The SMILES string of the molecule is c1cc2oc(-c3ccc4ccoc4n3)cc2cn1. The first-order valence-corrected chi connectivity index (χ1v) is 5.58. The quantitative estimate of drug-likeness (QED) is 0.506. The van der Waals surface area contributed by atoms with E-state index >= 15 is 0 Å². The predicted molar refractivity (Wildman–Crippen MR) is 67.0 cm³/mol. The van der Waals surface area contributed by atoms with Gasteiger partial charge in [0.25, 0.3) is 0 Å². The van der Waals surface area contributed by atoms with Crippen LogP contribution in [0.3, 0.4) is 0 Å². The largest absolute Gasteiger partial charge is 0.454 e. The van der Waals surface area contributed by atoms with Crippen LogP contribution in [0.25, 0.3) is 33.5 Å². The normalized spacial score (nSPS) is 11.3. The molecular formula is C14H8N2O2. The van der Waals surface area contributed by atoms with Crippen molar-refractivity contribution in [1.29, 1.82) is 0 Å². The summed E-state index contributed by atoms with van der Waals surface area (Å²) in [7, 11) is 0. The second-order valence-corrected chi connectivity index (χ2v) is 4.04. The highest BCUT2D eigenvalue weighted by atomic mass is 16.3. The molecule has 4 aromatic rings. The topological polar surface area (TPSA) is 52.1 Å². The second kappa shape index (κ2) is 3.43. The van der Waals surface area contributed by atoms with Crippen molar-refractivity contribution >= 4 is 22.1 Å². The summed E-state index contributed by atoms with van der Waals surface area (Å²) in [5.74, 6) is 0.719. The average Bonchev–Trinajstić information content (AvgIpc) is 3.04. The summed E-state index contributed by atoms with van der Waals surface area (Å²) in [6.07, 6.45) is 5.11. The summed E-state index contributed by atoms with van der Waals surface area (Å²) in [5, 5.41) is 1.95. The number of aromatic nitrogens is 2. The molecule has 0 aliphatic rings. The Balaban J connectivity index is 1.94.